The molecule has 0 aromatic heterocycles. The average Bonchev–Trinajstić information content (AvgIpc) is 3.33. The molecule has 0 radical (unpaired) electrons. The largest absolute Gasteiger partial charge is 0.493 e. The Morgan fingerprint density at radius 2 is 2.03 bits per heavy atom. The van der Waals surface area contributed by atoms with Crippen molar-refractivity contribution in [2.45, 2.75) is 44.1 Å². The van der Waals surface area contributed by atoms with Crippen LogP contribution >= 0.6 is 0 Å². The van der Waals surface area contributed by atoms with Gasteiger partial charge >= 0.3 is 5.97 Å². The average molecular weight is 420 g/mol. The van der Waals surface area contributed by atoms with Crippen molar-refractivity contribution in [3.63, 3.8) is 0 Å². The fraction of sp³-hybridized carbons (Fsp3) is 0.348. The summed E-state index contributed by atoms with van der Waals surface area (Å²) in [5, 5.41) is 8.87. The van der Waals surface area contributed by atoms with Gasteiger partial charge < -0.3 is 14.6 Å². The third-order valence-corrected chi connectivity index (χ3v) is 5.16. The summed E-state index contributed by atoms with van der Waals surface area (Å²) in [6.07, 6.45) is -1.02. The van der Waals surface area contributed by atoms with Crippen LogP contribution in [-0.4, -0.2) is 30.0 Å². The van der Waals surface area contributed by atoms with Gasteiger partial charge in [-0.1, -0.05) is 30.8 Å². The van der Waals surface area contributed by atoms with Crippen molar-refractivity contribution in [1.29, 1.82) is 0 Å². The predicted octanol–water partition coefficient (Wildman–Crippen LogP) is 5.20. The minimum absolute atomic E-state index is 0.0323. The summed E-state index contributed by atoms with van der Waals surface area (Å²) >= 11 is 0. The van der Waals surface area contributed by atoms with Crippen molar-refractivity contribution in [3.05, 3.63) is 77.3 Å². The SMILES string of the molecule is C=COC(C(=O)O)c1c(C)cccc1F.FC1C(F)C1c1ccc2c(c1)CCCO2. The molecule has 3 unspecified atom stereocenters. The summed E-state index contributed by atoms with van der Waals surface area (Å²) in [5.41, 5.74) is 2.43. The molecule has 4 nitrogen and oxygen atoms in total. The third-order valence-electron chi connectivity index (χ3n) is 5.16. The molecule has 1 fully saturated rings. The highest BCUT2D eigenvalue weighted by atomic mass is 19.2. The number of ether oxygens (including phenoxy) is 2. The van der Waals surface area contributed by atoms with Crippen molar-refractivity contribution in [1.82, 2.24) is 0 Å². The zero-order chi connectivity index (χ0) is 21.8. The second-order valence-electron chi connectivity index (χ2n) is 7.23. The first kappa shape index (κ1) is 21.7. The van der Waals surface area contributed by atoms with E-state index in [0.29, 0.717) is 5.56 Å². The van der Waals surface area contributed by atoms with Crippen LogP contribution in [0.25, 0.3) is 0 Å². The summed E-state index contributed by atoms with van der Waals surface area (Å²) in [6, 6.07) is 9.85. The van der Waals surface area contributed by atoms with Gasteiger partial charge in [-0.25, -0.2) is 18.0 Å². The maximum Gasteiger partial charge on any atom is 0.349 e. The van der Waals surface area contributed by atoms with Crippen LogP contribution < -0.4 is 4.74 Å². The molecular formula is C23H23F3O4. The molecule has 1 heterocycles. The van der Waals surface area contributed by atoms with Crippen LogP contribution in [0.4, 0.5) is 13.2 Å². The van der Waals surface area contributed by atoms with Crippen LogP contribution in [0.2, 0.25) is 0 Å². The molecule has 1 saturated carbocycles. The summed E-state index contributed by atoms with van der Waals surface area (Å²) in [6.45, 7) is 5.63. The van der Waals surface area contributed by atoms with Crippen LogP contribution in [0.1, 0.15) is 40.7 Å². The van der Waals surface area contributed by atoms with Gasteiger partial charge in [0, 0.05) is 5.56 Å². The van der Waals surface area contributed by atoms with Gasteiger partial charge in [0.15, 0.2) is 0 Å². The number of hydrogen-bond acceptors (Lipinski definition) is 3. The molecule has 0 amide bonds. The van der Waals surface area contributed by atoms with Crippen LogP contribution in [-0.2, 0) is 16.0 Å². The Bertz CT molecular complexity index is 902. The number of carbonyl (C=O) groups is 1. The lowest BCUT2D eigenvalue weighted by molar-refractivity contribution is -0.147. The summed E-state index contributed by atoms with van der Waals surface area (Å²) in [4.78, 5) is 10.9. The van der Waals surface area contributed by atoms with Gasteiger partial charge in [-0.05, 0) is 48.6 Å². The number of benzene rings is 2. The molecule has 2 aliphatic rings. The maximum atomic E-state index is 13.4. The van der Waals surface area contributed by atoms with Crippen molar-refractivity contribution in [3.8, 4) is 5.75 Å². The molecule has 30 heavy (non-hydrogen) atoms. The zero-order valence-corrected chi connectivity index (χ0v) is 16.5. The lowest BCUT2D eigenvalue weighted by atomic mass is 10.0. The summed E-state index contributed by atoms with van der Waals surface area (Å²) in [5.74, 6) is -1.50. The lowest BCUT2D eigenvalue weighted by Gasteiger charge is -2.17. The number of aryl methyl sites for hydroxylation is 2. The number of rotatable bonds is 5. The number of carboxylic acid groups (broad SMARTS) is 1. The second kappa shape index (κ2) is 9.24. The van der Waals surface area contributed by atoms with Gasteiger partial charge in [0.1, 0.15) is 23.9 Å². The number of halogens is 3. The monoisotopic (exact) mass is 420 g/mol. The van der Waals surface area contributed by atoms with Gasteiger partial charge in [0.2, 0.25) is 6.10 Å². The number of hydrogen-bond donors (Lipinski definition) is 1. The van der Waals surface area contributed by atoms with Gasteiger partial charge in [-0.3, -0.25) is 0 Å². The highest BCUT2D eigenvalue weighted by Gasteiger charge is 2.53. The van der Waals surface area contributed by atoms with Crippen molar-refractivity contribution in [2.75, 3.05) is 6.61 Å². The molecule has 1 N–H and O–H groups in total. The minimum Gasteiger partial charge on any atom is -0.493 e. The molecule has 1 aliphatic carbocycles. The Kier molecular flexibility index (Phi) is 6.70. The number of alkyl halides is 2. The first-order valence-corrected chi connectivity index (χ1v) is 9.63. The molecule has 4 rings (SSSR count). The van der Waals surface area contributed by atoms with E-state index in [1.54, 1.807) is 19.1 Å². The number of aliphatic carboxylic acids is 1. The van der Waals surface area contributed by atoms with Gasteiger partial charge in [0.05, 0.1) is 18.8 Å². The normalized spacial score (nSPS) is 22.5. The van der Waals surface area contributed by atoms with Gasteiger partial charge in [-0.15, -0.1) is 0 Å². The lowest BCUT2D eigenvalue weighted by Crippen LogP contribution is -2.15. The molecule has 2 aromatic rings. The Labute approximate surface area is 172 Å². The summed E-state index contributed by atoms with van der Waals surface area (Å²) < 4.78 is 49.4. The molecular weight excluding hydrogens is 397 g/mol. The summed E-state index contributed by atoms with van der Waals surface area (Å²) in [7, 11) is 0. The molecule has 0 bridgehead atoms. The van der Waals surface area contributed by atoms with E-state index in [1.165, 1.54) is 12.1 Å². The quantitative estimate of drug-likeness (QED) is 0.675. The Balaban J connectivity index is 0.000000171. The van der Waals surface area contributed by atoms with E-state index in [4.69, 9.17) is 14.6 Å². The van der Waals surface area contributed by atoms with Crippen LogP contribution in [0, 0.1) is 12.7 Å². The molecule has 0 saturated heterocycles. The van der Waals surface area contributed by atoms with E-state index >= 15 is 0 Å². The fourth-order valence-corrected chi connectivity index (χ4v) is 3.52. The second-order valence-corrected chi connectivity index (χ2v) is 7.23. The van der Waals surface area contributed by atoms with E-state index in [1.807, 2.05) is 12.1 Å². The van der Waals surface area contributed by atoms with Crippen LogP contribution in [0.5, 0.6) is 5.75 Å². The van der Waals surface area contributed by atoms with Gasteiger partial charge in [-0.2, -0.15) is 0 Å². The maximum absolute atomic E-state index is 13.4. The topological polar surface area (TPSA) is 55.8 Å². The number of fused-ring (bicyclic) bond motifs is 1. The van der Waals surface area contributed by atoms with Crippen LogP contribution in [0.15, 0.2) is 49.2 Å². The molecule has 1 aliphatic heterocycles. The predicted molar refractivity (Wildman–Crippen MR) is 106 cm³/mol. The van der Waals surface area contributed by atoms with E-state index in [2.05, 4.69) is 6.58 Å². The first-order chi connectivity index (χ1) is 14.3. The van der Waals surface area contributed by atoms with E-state index in [9.17, 15) is 18.0 Å². The van der Waals surface area contributed by atoms with Gasteiger partial charge in [0.25, 0.3) is 0 Å². The fourth-order valence-electron chi connectivity index (χ4n) is 3.52. The first-order valence-electron chi connectivity index (χ1n) is 9.63. The highest BCUT2D eigenvalue weighted by Crippen LogP contribution is 2.47. The van der Waals surface area contributed by atoms with E-state index < -0.39 is 36.2 Å². The Morgan fingerprint density at radius 1 is 1.30 bits per heavy atom. The smallest absolute Gasteiger partial charge is 0.349 e. The van der Waals surface area contributed by atoms with Crippen molar-refractivity contribution >= 4 is 5.97 Å². The molecule has 2 aromatic carbocycles. The highest BCUT2D eigenvalue weighted by molar-refractivity contribution is 5.75. The third kappa shape index (κ3) is 4.61. The van der Waals surface area contributed by atoms with Crippen molar-refractivity contribution in [2.24, 2.45) is 0 Å². The number of carboxylic acids is 1. The Hall–Kier alpha value is -2.96. The standard InChI is InChI=1S/C12H12F2O.C11H11FO3/c13-11-10(12(11)14)8-3-4-9-7(6-8)2-1-5-15-9;1-3-15-10(11(13)14)9-7(2)5-4-6-8(9)12/h3-4,6,10-12H,1-2,5H2;3-6,10H,1H2,2H3,(H,13,14). The van der Waals surface area contributed by atoms with Crippen molar-refractivity contribution < 1.29 is 32.5 Å². The minimum atomic E-state index is -1.34. The molecule has 160 valence electrons. The molecule has 7 heteroatoms. The zero-order valence-electron chi connectivity index (χ0n) is 16.5. The Morgan fingerprint density at radius 3 is 2.63 bits per heavy atom. The van der Waals surface area contributed by atoms with E-state index in [0.717, 1.165) is 42.6 Å². The van der Waals surface area contributed by atoms with E-state index in [-0.39, 0.29) is 5.56 Å². The van der Waals surface area contributed by atoms with Crippen LogP contribution in [0.3, 0.4) is 0 Å². The molecule has 3 atom stereocenters. The molecule has 0 spiro atoms.